The van der Waals surface area contributed by atoms with Gasteiger partial charge in [0.2, 0.25) is 0 Å². The predicted molar refractivity (Wildman–Crippen MR) is 51.6 cm³/mol. The van der Waals surface area contributed by atoms with Crippen molar-refractivity contribution in [3.63, 3.8) is 0 Å². The Labute approximate surface area is 82.1 Å². The number of aliphatic hydroxyl groups excluding tert-OH is 1. The quantitative estimate of drug-likeness (QED) is 0.791. The molecule has 4 nitrogen and oxygen atoms in total. The molecule has 2 unspecified atom stereocenters. The van der Waals surface area contributed by atoms with Crippen molar-refractivity contribution in [2.45, 2.75) is 25.9 Å². The molecule has 0 radical (unpaired) electrons. The molecule has 1 N–H and O–H groups in total. The highest BCUT2D eigenvalue weighted by atomic mass is 16.5. The van der Waals surface area contributed by atoms with Crippen molar-refractivity contribution in [1.29, 1.82) is 0 Å². The topological polar surface area (TPSA) is 59.7 Å². The van der Waals surface area contributed by atoms with Crippen molar-refractivity contribution in [2.24, 2.45) is 0 Å². The minimum atomic E-state index is -0.565. The molecule has 0 aromatic carbocycles. The Morgan fingerprint density at radius 2 is 2.07 bits per heavy atom. The third kappa shape index (κ3) is 2.35. The van der Waals surface area contributed by atoms with E-state index in [1.165, 1.54) is 13.2 Å². The van der Waals surface area contributed by atoms with Gasteiger partial charge < -0.3 is 14.3 Å². The molecule has 0 bridgehead atoms. The highest BCUT2D eigenvalue weighted by Crippen LogP contribution is 2.21. The first kappa shape index (κ1) is 10.8. The van der Waals surface area contributed by atoms with Crippen molar-refractivity contribution in [1.82, 2.24) is 0 Å². The van der Waals surface area contributed by atoms with Crippen LogP contribution >= 0.6 is 0 Å². The summed E-state index contributed by atoms with van der Waals surface area (Å²) in [5.41, 5.74) is -0.466. The van der Waals surface area contributed by atoms with Crippen LogP contribution in [0.5, 0.6) is 5.75 Å². The molecule has 14 heavy (non-hydrogen) atoms. The van der Waals surface area contributed by atoms with Crippen molar-refractivity contribution in [3.8, 4) is 5.75 Å². The van der Waals surface area contributed by atoms with E-state index in [4.69, 9.17) is 9.15 Å². The molecule has 1 rings (SSSR count). The van der Waals surface area contributed by atoms with Gasteiger partial charge in [-0.3, -0.25) is 0 Å². The third-order valence-electron chi connectivity index (χ3n) is 2.17. The van der Waals surface area contributed by atoms with E-state index in [2.05, 4.69) is 0 Å². The maximum absolute atomic E-state index is 11.1. The van der Waals surface area contributed by atoms with E-state index in [-0.39, 0.29) is 5.92 Å². The highest BCUT2D eigenvalue weighted by Gasteiger charge is 2.15. The van der Waals surface area contributed by atoms with Crippen LogP contribution in [0, 0.1) is 0 Å². The lowest BCUT2D eigenvalue weighted by molar-refractivity contribution is 0.156. The van der Waals surface area contributed by atoms with E-state index >= 15 is 0 Å². The van der Waals surface area contributed by atoms with E-state index in [9.17, 15) is 9.90 Å². The fourth-order valence-corrected chi connectivity index (χ4v) is 1.05. The number of ether oxygens (including phenoxy) is 1. The first-order valence-corrected chi connectivity index (χ1v) is 4.41. The van der Waals surface area contributed by atoms with E-state index in [1.54, 1.807) is 19.9 Å². The van der Waals surface area contributed by atoms with Crippen molar-refractivity contribution >= 4 is 0 Å². The van der Waals surface area contributed by atoms with Gasteiger partial charge >= 0.3 is 5.63 Å². The number of hydrogen-bond acceptors (Lipinski definition) is 4. The molecule has 1 heterocycles. The lowest BCUT2D eigenvalue weighted by Gasteiger charge is -2.13. The minimum Gasteiger partial charge on any atom is -0.496 e. The number of aliphatic hydroxyl groups is 1. The lowest BCUT2D eigenvalue weighted by Crippen LogP contribution is -2.13. The maximum Gasteiger partial charge on any atom is 0.339 e. The minimum absolute atomic E-state index is 0.224. The molecule has 0 fully saturated rings. The normalized spacial score (nSPS) is 14.9. The Kier molecular flexibility index (Phi) is 3.30. The Morgan fingerprint density at radius 3 is 2.57 bits per heavy atom. The van der Waals surface area contributed by atoms with Gasteiger partial charge in [0.25, 0.3) is 0 Å². The second-order valence-electron chi connectivity index (χ2n) is 3.25. The van der Waals surface area contributed by atoms with Gasteiger partial charge in [-0.15, -0.1) is 0 Å². The molecule has 2 atom stereocenters. The first-order chi connectivity index (χ1) is 6.54. The largest absolute Gasteiger partial charge is 0.496 e. The van der Waals surface area contributed by atoms with Gasteiger partial charge in [0, 0.05) is 12.0 Å². The van der Waals surface area contributed by atoms with Crippen LogP contribution < -0.4 is 10.4 Å². The molecule has 0 aliphatic heterocycles. The Morgan fingerprint density at radius 1 is 1.43 bits per heavy atom. The van der Waals surface area contributed by atoms with Crippen LogP contribution in [0.4, 0.5) is 0 Å². The zero-order chi connectivity index (χ0) is 10.7. The van der Waals surface area contributed by atoms with Gasteiger partial charge in [-0.25, -0.2) is 4.79 Å². The maximum atomic E-state index is 11.1. The summed E-state index contributed by atoms with van der Waals surface area (Å²) in [6.45, 7) is 3.42. The number of hydrogen-bond donors (Lipinski definition) is 1. The molecule has 0 spiro atoms. The molecule has 0 aliphatic rings. The molecule has 0 saturated heterocycles. The highest BCUT2D eigenvalue weighted by molar-refractivity contribution is 5.22. The predicted octanol–water partition coefficient (Wildman–Crippen LogP) is 1.13. The van der Waals surface area contributed by atoms with E-state index in [0.717, 1.165) is 0 Å². The summed E-state index contributed by atoms with van der Waals surface area (Å²) in [6, 6.07) is 2.87. The van der Waals surface area contributed by atoms with Crippen molar-refractivity contribution < 1.29 is 14.3 Å². The first-order valence-electron chi connectivity index (χ1n) is 4.41. The summed E-state index contributed by atoms with van der Waals surface area (Å²) in [5, 5.41) is 9.33. The van der Waals surface area contributed by atoms with Gasteiger partial charge in [0.05, 0.1) is 19.3 Å². The zero-order valence-corrected chi connectivity index (χ0v) is 8.48. The molecule has 0 amide bonds. The molecular formula is C10H14O4. The average Bonchev–Trinajstić information content (AvgIpc) is 2.15. The van der Waals surface area contributed by atoms with Crippen LogP contribution in [0.2, 0.25) is 0 Å². The van der Waals surface area contributed by atoms with Crippen LogP contribution in [0.1, 0.15) is 25.5 Å². The Bertz CT molecular complexity index is 353. The van der Waals surface area contributed by atoms with Crippen molar-refractivity contribution in [2.75, 3.05) is 7.11 Å². The fraction of sp³-hybridized carbons (Fsp3) is 0.500. The molecule has 0 aliphatic carbocycles. The molecule has 4 heteroatoms. The molecular weight excluding hydrogens is 184 g/mol. The molecule has 0 saturated carbocycles. The van der Waals surface area contributed by atoms with Gasteiger partial charge in [-0.2, -0.15) is 0 Å². The summed E-state index contributed by atoms with van der Waals surface area (Å²) in [4.78, 5) is 11.1. The lowest BCUT2D eigenvalue weighted by atomic mass is 10.0. The van der Waals surface area contributed by atoms with Gasteiger partial charge in [0.15, 0.2) is 0 Å². The van der Waals surface area contributed by atoms with Crippen LogP contribution in [0.3, 0.4) is 0 Å². The van der Waals surface area contributed by atoms with Gasteiger partial charge in [0.1, 0.15) is 11.5 Å². The third-order valence-corrected chi connectivity index (χ3v) is 2.17. The number of methoxy groups -OCH3 is 1. The van der Waals surface area contributed by atoms with Crippen LogP contribution in [0.25, 0.3) is 0 Å². The second-order valence-corrected chi connectivity index (χ2v) is 3.25. The van der Waals surface area contributed by atoms with Crippen molar-refractivity contribution in [3.05, 3.63) is 28.3 Å². The van der Waals surface area contributed by atoms with Gasteiger partial charge in [-0.1, -0.05) is 6.92 Å². The second kappa shape index (κ2) is 4.28. The Hall–Kier alpha value is -1.29. The fourth-order valence-electron chi connectivity index (χ4n) is 1.05. The van der Waals surface area contributed by atoms with E-state index in [1.807, 2.05) is 0 Å². The van der Waals surface area contributed by atoms with Crippen LogP contribution in [-0.2, 0) is 0 Å². The average molecular weight is 198 g/mol. The zero-order valence-electron chi connectivity index (χ0n) is 8.48. The standard InChI is InChI=1S/C10H14O4/c1-6(7(2)11)9-4-8(13-3)5-10(12)14-9/h4-7,11H,1-3H3. The van der Waals surface area contributed by atoms with Gasteiger partial charge in [-0.05, 0) is 6.92 Å². The summed E-state index contributed by atoms with van der Waals surface area (Å²) in [5.74, 6) is 0.658. The van der Waals surface area contributed by atoms with E-state index in [0.29, 0.717) is 11.5 Å². The van der Waals surface area contributed by atoms with Crippen LogP contribution in [0.15, 0.2) is 21.3 Å². The molecule has 1 aromatic rings. The summed E-state index contributed by atoms with van der Waals surface area (Å²) >= 11 is 0. The smallest absolute Gasteiger partial charge is 0.339 e. The number of rotatable bonds is 3. The molecule has 78 valence electrons. The Balaban J connectivity index is 3.09. The SMILES string of the molecule is COc1cc(C(C)C(C)O)oc(=O)c1. The summed E-state index contributed by atoms with van der Waals surface area (Å²) in [7, 11) is 1.48. The molecule has 1 aromatic heterocycles. The van der Waals surface area contributed by atoms with Crippen LogP contribution in [-0.4, -0.2) is 18.3 Å². The summed E-state index contributed by atoms with van der Waals surface area (Å²) < 4.78 is 9.87. The monoisotopic (exact) mass is 198 g/mol. The summed E-state index contributed by atoms with van der Waals surface area (Å²) in [6.07, 6.45) is -0.565. The van der Waals surface area contributed by atoms with E-state index < -0.39 is 11.7 Å².